The van der Waals surface area contributed by atoms with Gasteiger partial charge in [0.1, 0.15) is 0 Å². The zero-order valence-electron chi connectivity index (χ0n) is 13.3. The molecule has 1 aromatic heterocycles. The molecule has 1 aliphatic rings. The predicted molar refractivity (Wildman–Crippen MR) is 83.8 cm³/mol. The van der Waals surface area contributed by atoms with Crippen molar-refractivity contribution in [1.82, 2.24) is 19.8 Å². The fraction of sp³-hybridized carbons (Fsp3) is 0.812. The van der Waals surface area contributed by atoms with Crippen LogP contribution in [0.15, 0.2) is 12.5 Å². The van der Waals surface area contributed by atoms with E-state index in [4.69, 9.17) is 0 Å². The second-order valence-corrected chi connectivity index (χ2v) is 6.44. The number of hydrogen-bond donors (Lipinski definition) is 1. The smallest absolute Gasteiger partial charge is 0.0951 e. The minimum atomic E-state index is 0.490. The zero-order chi connectivity index (χ0) is 14.4. The summed E-state index contributed by atoms with van der Waals surface area (Å²) in [5.74, 6) is 0.931. The van der Waals surface area contributed by atoms with E-state index in [0.717, 1.165) is 19.0 Å². The van der Waals surface area contributed by atoms with E-state index in [1.807, 2.05) is 12.5 Å². The summed E-state index contributed by atoms with van der Waals surface area (Å²) in [7, 11) is 0. The van der Waals surface area contributed by atoms with Gasteiger partial charge in [-0.3, -0.25) is 0 Å². The predicted octanol–water partition coefficient (Wildman–Crippen LogP) is 2.68. The number of aromatic nitrogens is 2. The van der Waals surface area contributed by atoms with Crippen LogP contribution in [0.3, 0.4) is 0 Å². The minimum absolute atomic E-state index is 0.490. The quantitative estimate of drug-likeness (QED) is 0.779. The molecule has 2 heterocycles. The van der Waals surface area contributed by atoms with Crippen molar-refractivity contribution in [2.24, 2.45) is 5.92 Å². The first-order chi connectivity index (χ1) is 9.66. The van der Waals surface area contributed by atoms with Gasteiger partial charge in [-0.25, -0.2) is 4.98 Å². The Morgan fingerprint density at radius 1 is 1.35 bits per heavy atom. The molecule has 0 spiro atoms. The van der Waals surface area contributed by atoms with Gasteiger partial charge in [0.25, 0.3) is 0 Å². The van der Waals surface area contributed by atoms with Crippen molar-refractivity contribution in [3.05, 3.63) is 18.2 Å². The maximum atomic E-state index is 4.24. The van der Waals surface area contributed by atoms with E-state index in [1.54, 1.807) is 0 Å². The summed E-state index contributed by atoms with van der Waals surface area (Å²) in [6.45, 7) is 12.6. The van der Waals surface area contributed by atoms with E-state index in [1.165, 1.54) is 44.6 Å². The molecule has 20 heavy (non-hydrogen) atoms. The molecule has 0 aromatic carbocycles. The fourth-order valence-electron chi connectivity index (χ4n) is 2.86. The van der Waals surface area contributed by atoms with Gasteiger partial charge in [-0.15, -0.1) is 0 Å². The number of rotatable bonds is 7. The molecule has 1 aliphatic heterocycles. The highest BCUT2D eigenvalue weighted by Gasteiger charge is 2.14. The van der Waals surface area contributed by atoms with Gasteiger partial charge in [-0.1, -0.05) is 6.92 Å². The van der Waals surface area contributed by atoms with Crippen LogP contribution in [0.1, 0.15) is 51.8 Å². The number of nitrogens with zero attached hydrogens (tertiary/aromatic N) is 3. The minimum Gasteiger partial charge on any atom is -0.331 e. The molecule has 0 amide bonds. The Kier molecular flexibility index (Phi) is 6.05. The van der Waals surface area contributed by atoms with Crippen LogP contribution in [0.5, 0.6) is 0 Å². The summed E-state index contributed by atoms with van der Waals surface area (Å²) >= 11 is 0. The lowest BCUT2D eigenvalue weighted by atomic mass is 9.99. The molecule has 1 fully saturated rings. The summed E-state index contributed by atoms with van der Waals surface area (Å²) in [5.41, 5.74) is 1.28. The molecule has 1 N–H and O–H groups in total. The van der Waals surface area contributed by atoms with Gasteiger partial charge in [0.2, 0.25) is 0 Å². The Labute approximate surface area is 123 Å². The zero-order valence-corrected chi connectivity index (χ0v) is 13.3. The summed E-state index contributed by atoms with van der Waals surface area (Å²) in [6, 6.07) is 0.490. The molecule has 2 rings (SSSR count). The van der Waals surface area contributed by atoms with Crippen molar-refractivity contribution in [2.75, 3.05) is 26.2 Å². The van der Waals surface area contributed by atoms with Gasteiger partial charge in [0.15, 0.2) is 0 Å². The SMILES string of the molecule is CC1CCN(CCCNCc2cncn2C(C)C)CC1. The number of hydrogen-bond acceptors (Lipinski definition) is 3. The molecule has 0 unspecified atom stereocenters. The topological polar surface area (TPSA) is 33.1 Å². The molecule has 114 valence electrons. The van der Waals surface area contributed by atoms with Gasteiger partial charge in [-0.05, 0) is 65.2 Å². The Morgan fingerprint density at radius 3 is 2.80 bits per heavy atom. The van der Waals surface area contributed by atoms with E-state index in [0.29, 0.717) is 6.04 Å². The Hall–Kier alpha value is -0.870. The largest absolute Gasteiger partial charge is 0.331 e. The van der Waals surface area contributed by atoms with Crippen molar-refractivity contribution in [2.45, 2.75) is 52.6 Å². The number of likely N-dealkylation sites (tertiary alicyclic amines) is 1. The van der Waals surface area contributed by atoms with Crippen LogP contribution in [-0.2, 0) is 6.54 Å². The van der Waals surface area contributed by atoms with Crippen LogP contribution in [-0.4, -0.2) is 40.6 Å². The third kappa shape index (κ3) is 4.60. The number of nitrogens with one attached hydrogen (secondary N) is 1. The molecule has 0 aliphatic carbocycles. The highest BCUT2D eigenvalue weighted by atomic mass is 15.1. The van der Waals surface area contributed by atoms with Crippen molar-refractivity contribution >= 4 is 0 Å². The van der Waals surface area contributed by atoms with Gasteiger partial charge < -0.3 is 14.8 Å². The first-order valence-electron chi connectivity index (χ1n) is 8.10. The second kappa shape index (κ2) is 7.79. The van der Waals surface area contributed by atoms with Crippen LogP contribution in [0.4, 0.5) is 0 Å². The van der Waals surface area contributed by atoms with Gasteiger partial charge >= 0.3 is 0 Å². The second-order valence-electron chi connectivity index (χ2n) is 6.44. The first-order valence-corrected chi connectivity index (χ1v) is 8.10. The first kappa shape index (κ1) is 15.5. The molecule has 0 atom stereocenters. The van der Waals surface area contributed by atoms with Crippen LogP contribution in [0.2, 0.25) is 0 Å². The monoisotopic (exact) mass is 278 g/mol. The number of piperidine rings is 1. The molecule has 4 heteroatoms. The van der Waals surface area contributed by atoms with Gasteiger partial charge in [0, 0.05) is 18.8 Å². The van der Waals surface area contributed by atoms with Crippen LogP contribution in [0, 0.1) is 5.92 Å². The van der Waals surface area contributed by atoms with Crippen molar-refractivity contribution < 1.29 is 0 Å². The molecular weight excluding hydrogens is 248 g/mol. The summed E-state index contributed by atoms with van der Waals surface area (Å²) < 4.78 is 2.24. The molecule has 0 bridgehead atoms. The Balaban J connectivity index is 1.58. The summed E-state index contributed by atoms with van der Waals surface area (Å²) in [5, 5.41) is 3.54. The molecular formula is C16H30N4. The van der Waals surface area contributed by atoms with E-state index in [-0.39, 0.29) is 0 Å². The lowest BCUT2D eigenvalue weighted by molar-refractivity contribution is 0.190. The maximum absolute atomic E-state index is 4.24. The van der Waals surface area contributed by atoms with Crippen molar-refractivity contribution in [3.8, 4) is 0 Å². The highest BCUT2D eigenvalue weighted by Crippen LogP contribution is 2.15. The lowest BCUT2D eigenvalue weighted by Crippen LogP contribution is -2.34. The third-order valence-electron chi connectivity index (χ3n) is 4.31. The summed E-state index contributed by atoms with van der Waals surface area (Å²) in [4.78, 5) is 6.85. The normalized spacial score (nSPS) is 18.0. The molecule has 1 saturated heterocycles. The average molecular weight is 278 g/mol. The van der Waals surface area contributed by atoms with E-state index in [9.17, 15) is 0 Å². The maximum Gasteiger partial charge on any atom is 0.0951 e. The molecule has 0 saturated carbocycles. The number of imidazole rings is 1. The van der Waals surface area contributed by atoms with Crippen LogP contribution >= 0.6 is 0 Å². The van der Waals surface area contributed by atoms with E-state index in [2.05, 4.69) is 40.5 Å². The molecule has 1 aromatic rings. The molecule has 0 radical (unpaired) electrons. The highest BCUT2D eigenvalue weighted by molar-refractivity contribution is 4.99. The Morgan fingerprint density at radius 2 is 2.10 bits per heavy atom. The van der Waals surface area contributed by atoms with Gasteiger partial charge in [-0.2, -0.15) is 0 Å². The summed E-state index contributed by atoms with van der Waals surface area (Å²) in [6.07, 6.45) is 7.89. The van der Waals surface area contributed by atoms with Gasteiger partial charge in [0.05, 0.1) is 12.0 Å². The van der Waals surface area contributed by atoms with Crippen molar-refractivity contribution in [1.29, 1.82) is 0 Å². The lowest BCUT2D eigenvalue weighted by Gasteiger charge is -2.30. The van der Waals surface area contributed by atoms with E-state index >= 15 is 0 Å². The molecule has 4 nitrogen and oxygen atoms in total. The fourth-order valence-corrected chi connectivity index (χ4v) is 2.86. The van der Waals surface area contributed by atoms with E-state index < -0.39 is 0 Å². The standard InChI is InChI=1S/C16H30N4/c1-14(2)20-13-18-12-16(20)11-17-7-4-8-19-9-5-15(3)6-10-19/h12-15,17H,4-11H2,1-3H3. The van der Waals surface area contributed by atoms with Crippen LogP contribution in [0.25, 0.3) is 0 Å². The Bertz CT molecular complexity index is 378. The van der Waals surface area contributed by atoms with Crippen molar-refractivity contribution in [3.63, 3.8) is 0 Å². The van der Waals surface area contributed by atoms with Crippen LogP contribution < -0.4 is 5.32 Å². The average Bonchev–Trinajstić information content (AvgIpc) is 2.89. The third-order valence-corrected chi connectivity index (χ3v) is 4.31.